The third kappa shape index (κ3) is 3.63. The van der Waals surface area contributed by atoms with Crippen LogP contribution < -0.4 is 10.6 Å². The molecule has 1 amide bonds. The second kappa shape index (κ2) is 6.87. The van der Waals surface area contributed by atoms with Crippen LogP contribution in [-0.4, -0.2) is 56.6 Å². The number of hydrogen-bond donors (Lipinski definition) is 2. The lowest BCUT2D eigenvalue weighted by atomic mass is 10.0. The number of rotatable bonds is 5. The van der Waals surface area contributed by atoms with E-state index in [0.29, 0.717) is 18.5 Å². The first-order chi connectivity index (χ1) is 10.0. The predicted octanol–water partition coefficient (Wildman–Crippen LogP) is 0.895. The van der Waals surface area contributed by atoms with Crippen molar-refractivity contribution >= 4 is 17.5 Å². The summed E-state index contributed by atoms with van der Waals surface area (Å²) in [7, 11) is 3.08. The van der Waals surface area contributed by atoms with Gasteiger partial charge in [-0.25, -0.2) is 4.39 Å². The highest BCUT2D eigenvalue weighted by molar-refractivity contribution is 6.22. The number of halogens is 2. The molecule has 1 aliphatic heterocycles. The van der Waals surface area contributed by atoms with Crippen LogP contribution in [0.2, 0.25) is 0 Å². The van der Waals surface area contributed by atoms with Crippen molar-refractivity contribution in [2.75, 3.05) is 27.3 Å². The number of allylic oxidation sites excluding steroid dienone is 3. The van der Waals surface area contributed by atoms with E-state index in [1.165, 1.54) is 0 Å². The van der Waals surface area contributed by atoms with Gasteiger partial charge in [-0.15, -0.1) is 11.6 Å². The summed E-state index contributed by atoms with van der Waals surface area (Å²) in [4.78, 5) is 12.1. The largest absolute Gasteiger partial charge is 0.352 e. The Bertz CT molecular complexity index is 452. The van der Waals surface area contributed by atoms with Gasteiger partial charge in [-0.3, -0.25) is 4.79 Å². The number of carbonyl (C=O) groups is 1. The maximum atomic E-state index is 13.8. The minimum Gasteiger partial charge on any atom is -0.352 e. The highest BCUT2D eigenvalue weighted by atomic mass is 35.5. The molecule has 1 heterocycles. The van der Waals surface area contributed by atoms with Gasteiger partial charge in [0.15, 0.2) is 5.79 Å². The Hall–Kier alpha value is -0.950. The molecule has 0 saturated carbocycles. The second-order valence-electron chi connectivity index (χ2n) is 5.15. The van der Waals surface area contributed by atoms with Crippen LogP contribution in [0.5, 0.6) is 0 Å². The zero-order chi connectivity index (χ0) is 15.5. The van der Waals surface area contributed by atoms with Gasteiger partial charge in [0.1, 0.15) is 6.17 Å². The standard InChI is InChI=1S/C14H20ClFN2O3/c1-20-14(21-2)6-11(18-8-14)13(19)17-7-9-4-3-5-10(15)12(9)16/h3-5,10-12,18H,6-8H2,1-2H3,(H,17,19). The zero-order valence-corrected chi connectivity index (χ0v) is 12.8. The molecule has 1 fully saturated rings. The van der Waals surface area contributed by atoms with Gasteiger partial charge in [0.25, 0.3) is 0 Å². The maximum Gasteiger partial charge on any atom is 0.237 e. The number of hydrogen-bond acceptors (Lipinski definition) is 4. The Morgan fingerprint density at radius 2 is 2.29 bits per heavy atom. The maximum absolute atomic E-state index is 13.8. The van der Waals surface area contributed by atoms with Crippen molar-refractivity contribution in [3.05, 3.63) is 23.8 Å². The van der Waals surface area contributed by atoms with E-state index in [1.54, 1.807) is 32.4 Å². The fourth-order valence-corrected chi connectivity index (χ4v) is 2.71. The lowest BCUT2D eigenvalue weighted by Crippen LogP contribution is -2.42. The SMILES string of the molecule is COC1(OC)CNC(C(=O)NCC2=CC=CC(Cl)C2F)C1. The van der Waals surface area contributed by atoms with Crippen LogP contribution in [0.25, 0.3) is 0 Å². The highest BCUT2D eigenvalue weighted by Gasteiger charge is 2.42. The van der Waals surface area contributed by atoms with E-state index in [4.69, 9.17) is 21.1 Å². The number of ether oxygens (including phenoxy) is 2. The summed E-state index contributed by atoms with van der Waals surface area (Å²) in [6, 6.07) is -0.422. The summed E-state index contributed by atoms with van der Waals surface area (Å²) in [5.41, 5.74) is 0.466. The number of amides is 1. The quantitative estimate of drug-likeness (QED) is 0.584. The summed E-state index contributed by atoms with van der Waals surface area (Å²) in [6.45, 7) is 0.567. The lowest BCUT2D eigenvalue weighted by Gasteiger charge is -2.24. The molecular weight excluding hydrogens is 299 g/mol. The molecule has 21 heavy (non-hydrogen) atoms. The van der Waals surface area contributed by atoms with E-state index in [1.807, 2.05) is 0 Å². The van der Waals surface area contributed by atoms with Gasteiger partial charge in [-0.1, -0.05) is 18.2 Å². The normalized spacial score (nSPS) is 31.0. The second-order valence-corrected chi connectivity index (χ2v) is 5.65. The van der Waals surface area contributed by atoms with Crippen molar-refractivity contribution in [2.24, 2.45) is 0 Å². The van der Waals surface area contributed by atoms with E-state index in [9.17, 15) is 9.18 Å². The van der Waals surface area contributed by atoms with Crippen LogP contribution in [0, 0.1) is 0 Å². The molecule has 3 atom stereocenters. The lowest BCUT2D eigenvalue weighted by molar-refractivity contribution is -0.192. The Morgan fingerprint density at radius 1 is 1.57 bits per heavy atom. The third-order valence-corrected chi connectivity index (χ3v) is 4.27. The van der Waals surface area contributed by atoms with E-state index in [2.05, 4.69) is 10.6 Å². The Balaban J connectivity index is 1.86. The molecule has 3 unspecified atom stereocenters. The van der Waals surface area contributed by atoms with Gasteiger partial charge >= 0.3 is 0 Å². The van der Waals surface area contributed by atoms with Crippen LogP contribution in [0.15, 0.2) is 23.8 Å². The van der Waals surface area contributed by atoms with Crippen molar-refractivity contribution < 1.29 is 18.7 Å². The fourth-order valence-electron chi connectivity index (χ4n) is 2.46. The molecule has 1 aliphatic carbocycles. The Labute approximate surface area is 128 Å². The van der Waals surface area contributed by atoms with Gasteiger partial charge < -0.3 is 20.1 Å². The topological polar surface area (TPSA) is 59.6 Å². The summed E-state index contributed by atoms with van der Waals surface area (Å²) in [5, 5.41) is 5.08. The van der Waals surface area contributed by atoms with Crippen molar-refractivity contribution in [1.82, 2.24) is 10.6 Å². The molecule has 2 aliphatic rings. The molecule has 0 spiro atoms. The number of nitrogens with one attached hydrogen (secondary N) is 2. The molecule has 118 valence electrons. The Kier molecular flexibility index (Phi) is 5.37. The molecule has 0 aromatic heterocycles. The molecule has 0 aromatic carbocycles. The van der Waals surface area contributed by atoms with Crippen molar-refractivity contribution in [3.8, 4) is 0 Å². The van der Waals surface area contributed by atoms with Crippen molar-refractivity contribution in [1.29, 1.82) is 0 Å². The average molecular weight is 319 g/mol. The molecule has 0 bridgehead atoms. The van der Waals surface area contributed by atoms with E-state index >= 15 is 0 Å². The smallest absolute Gasteiger partial charge is 0.237 e. The number of methoxy groups -OCH3 is 2. The summed E-state index contributed by atoms with van der Waals surface area (Å²) in [6.07, 6.45) is 4.05. The summed E-state index contributed by atoms with van der Waals surface area (Å²) in [5.74, 6) is -0.988. The van der Waals surface area contributed by atoms with E-state index < -0.39 is 23.4 Å². The number of alkyl halides is 2. The minimum atomic E-state index is -1.27. The molecule has 0 radical (unpaired) electrons. The molecular formula is C14H20ClFN2O3. The monoisotopic (exact) mass is 318 g/mol. The zero-order valence-electron chi connectivity index (χ0n) is 12.1. The minimum absolute atomic E-state index is 0.138. The molecule has 1 saturated heterocycles. The van der Waals surface area contributed by atoms with Gasteiger partial charge in [0, 0.05) is 27.2 Å². The van der Waals surface area contributed by atoms with Crippen molar-refractivity contribution in [2.45, 2.75) is 29.8 Å². The summed E-state index contributed by atoms with van der Waals surface area (Å²) < 4.78 is 24.4. The van der Waals surface area contributed by atoms with Gasteiger partial charge in [-0.05, 0) is 5.57 Å². The average Bonchev–Trinajstić information content (AvgIpc) is 2.94. The first-order valence-corrected chi connectivity index (χ1v) is 7.22. The predicted molar refractivity (Wildman–Crippen MR) is 77.9 cm³/mol. The van der Waals surface area contributed by atoms with Crippen molar-refractivity contribution in [3.63, 3.8) is 0 Å². The van der Waals surface area contributed by atoms with Crippen LogP contribution in [0.3, 0.4) is 0 Å². The first kappa shape index (κ1) is 16.4. The highest BCUT2D eigenvalue weighted by Crippen LogP contribution is 2.24. The fraction of sp³-hybridized carbons (Fsp3) is 0.643. The Morgan fingerprint density at radius 3 is 2.90 bits per heavy atom. The van der Waals surface area contributed by atoms with E-state index in [-0.39, 0.29) is 12.5 Å². The van der Waals surface area contributed by atoms with Crippen LogP contribution in [0.1, 0.15) is 6.42 Å². The molecule has 2 rings (SSSR count). The molecule has 0 aromatic rings. The first-order valence-electron chi connectivity index (χ1n) is 6.78. The molecule has 2 N–H and O–H groups in total. The summed E-state index contributed by atoms with van der Waals surface area (Å²) >= 11 is 5.82. The number of carbonyl (C=O) groups excluding carboxylic acids is 1. The van der Waals surface area contributed by atoms with Gasteiger partial charge in [0.05, 0.1) is 18.0 Å². The third-order valence-electron chi connectivity index (χ3n) is 3.90. The molecule has 7 heteroatoms. The van der Waals surface area contributed by atoms with Gasteiger partial charge in [-0.2, -0.15) is 0 Å². The van der Waals surface area contributed by atoms with Crippen LogP contribution in [-0.2, 0) is 14.3 Å². The van der Waals surface area contributed by atoms with Crippen LogP contribution in [0.4, 0.5) is 4.39 Å². The molecule has 5 nitrogen and oxygen atoms in total. The van der Waals surface area contributed by atoms with E-state index in [0.717, 1.165) is 0 Å². The van der Waals surface area contributed by atoms with Crippen LogP contribution >= 0.6 is 11.6 Å². The van der Waals surface area contributed by atoms with Gasteiger partial charge in [0.2, 0.25) is 5.91 Å².